The van der Waals surface area contributed by atoms with Gasteiger partial charge in [-0.2, -0.15) is 26.3 Å². The smallest absolute Gasteiger partial charge is 0.324 e. The van der Waals surface area contributed by atoms with E-state index in [1.54, 1.807) is 0 Å². The van der Waals surface area contributed by atoms with E-state index in [1.165, 1.54) is 0 Å². The van der Waals surface area contributed by atoms with Crippen LogP contribution in [0.4, 0.5) is 26.3 Å². The van der Waals surface area contributed by atoms with Crippen LogP contribution in [0, 0.1) is 0 Å². The number of alkyl halides is 6. The molecule has 0 heterocycles. The number of allylic oxidation sites excluding steroid dienone is 1. The summed E-state index contributed by atoms with van der Waals surface area (Å²) < 4.78 is 83.3. The summed E-state index contributed by atoms with van der Waals surface area (Å²) in [6.45, 7) is 2.44. The second-order valence-electron chi connectivity index (χ2n) is 2.96. The Morgan fingerprint density at radius 2 is 1.50 bits per heavy atom. The molecule has 16 heavy (non-hydrogen) atoms. The molecule has 0 aliphatic rings. The highest BCUT2D eigenvalue weighted by atomic mass is 31.2. The van der Waals surface area contributed by atoms with Crippen LogP contribution in [-0.4, -0.2) is 27.3 Å². The van der Waals surface area contributed by atoms with E-state index in [0.29, 0.717) is 0 Å². The quantitative estimate of drug-likeness (QED) is 0.471. The van der Waals surface area contributed by atoms with Crippen LogP contribution in [0.3, 0.4) is 0 Å². The molecule has 0 saturated carbocycles. The lowest BCUT2D eigenvalue weighted by atomic mass is 10.0. The molecule has 0 bridgehead atoms. The van der Waals surface area contributed by atoms with E-state index in [1.807, 2.05) is 0 Å². The van der Waals surface area contributed by atoms with E-state index in [2.05, 4.69) is 6.58 Å². The monoisotopic (exact) mass is 272 g/mol. The van der Waals surface area contributed by atoms with Gasteiger partial charge in [0, 0.05) is 0 Å². The first-order chi connectivity index (χ1) is 6.77. The van der Waals surface area contributed by atoms with E-state index in [0.717, 1.165) is 0 Å². The highest BCUT2D eigenvalue weighted by molar-refractivity contribution is 7.54. The molecule has 0 fully saturated rings. The number of rotatable bonds is 3. The van der Waals surface area contributed by atoms with Crippen molar-refractivity contribution in [1.29, 1.82) is 0 Å². The zero-order valence-corrected chi connectivity index (χ0v) is 8.40. The van der Waals surface area contributed by atoms with Crippen LogP contribution in [0.25, 0.3) is 0 Å². The van der Waals surface area contributed by atoms with Gasteiger partial charge < -0.3 is 9.79 Å². The van der Waals surface area contributed by atoms with E-state index >= 15 is 0 Å². The van der Waals surface area contributed by atoms with Gasteiger partial charge >= 0.3 is 19.9 Å². The Morgan fingerprint density at radius 3 is 1.56 bits per heavy atom. The summed E-state index contributed by atoms with van der Waals surface area (Å²) in [6, 6.07) is 0. The summed E-state index contributed by atoms with van der Waals surface area (Å²) >= 11 is 0. The van der Waals surface area contributed by atoms with E-state index in [9.17, 15) is 30.9 Å². The maximum absolute atomic E-state index is 12.3. The normalized spacial score (nSPS) is 18.0. The summed E-state index contributed by atoms with van der Waals surface area (Å²) in [5.74, 6) is 0. The summed E-state index contributed by atoms with van der Waals surface area (Å²) in [5.41, 5.74) is 0. The van der Waals surface area contributed by atoms with Crippen molar-refractivity contribution in [2.75, 3.05) is 0 Å². The van der Waals surface area contributed by atoms with Crippen LogP contribution >= 0.6 is 7.60 Å². The van der Waals surface area contributed by atoms with Crippen molar-refractivity contribution in [2.45, 2.75) is 23.9 Å². The van der Waals surface area contributed by atoms with Gasteiger partial charge in [-0.25, -0.2) is 0 Å². The minimum Gasteiger partial charge on any atom is -0.324 e. The third-order valence-corrected chi connectivity index (χ3v) is 3.45. The Balaban J connectivity index is 5.70. The van der Waals surface area contributed by atoms with Gasteiger partial charge in [-0.3, -0.25) is 4.57 Å². The Kier molecular flexibility index (Phi) is 3.91. The molecule has 0 amide bonds. The molecular weight excluding hydrogens is 265 g/mol. The van der Waals surface area contributed by atoms with Crippen molar-refractivity contribution in [1.82, 2.24) is 0 Å². The van der Waals surface area contributed by atoms with Gasteiger partial charge in [-0.15, -0.1) is 6.58 Å². The third-order valence-electron chi connectivity index (χ3n) is 1.82. The summed E-state index contributed by atoms with van der Waals surface area (Å²) in [4.78, 5) is 16.9. The molecule has 0 aliphatic carbocycles. The summed E-state index contributed by atoms with van der Waals surface area (Å²) in [6.07, 6.45) is -14.2. The van der Waals surface area contributed by atoms with E-state index < -0.39 is 37.6 Å². The lowest BCUT2D eigenvalue weighted by molar-refractivity contribution is -0.200. The number of hydrogen-bond donors (Lipinski definition) is 2. The predicted octanol–water partition coefficient (Wildman–Crippen LogP) is 2.60. The third kappa shape index (κ3) is 2.99. The second-order valence-corrected chi connectivity index (χ2v) is 4.85. The highest BCUT2D eigenvalue weighted by Crippen LogP contribution is 2.62. The van der Waals surface area contributed by atoms with Crippen LogP contribution in [0.2, 0.25) is 0 Å². The van der Waals surface area contributed by atoms with Crippen molar-refractivity contribution in [2.24, 2.45) is 0 Å². The SMILES string of the molecule is C=CC(CC(F)(F)F)(C(F)(F)F)P(=O)(O)O. The van der Waals surface area contributed by atoms with Gasteiger partial charge in [0.25, 0.3) is 0 Å². The minimum atomic E-state index is -6.09. The van der Waals surface area contributed by atoms with Gasteiger partial charge in [-0.05, 0) is 0 Å². The molecule has 96 valence electrons. The fourth-order valence-corrected chi connectivity index (χ4v) is 1.93. The number of halogens is 6. The molecule has 0 aromatic carbocycles. The Labute approximate surface area is 85.9 Å². The van der Waals surface area contributed by atoms with Gasteiger partial charge in [0.05, 0.1) is 6.42 Å². The van der Waals surface area contributed by atoms with Crippen LogP contribution < -0.4 is 0 Å². The van der Waals surface area contributed by atoms with E-state index in [4.69, 9.17) is 9.79 Å². The average Bonchev–Trinajstić information content (AvgIpc) is 1.93. The molecule has 2 N–H and O–H groups in total. The molecule has 0 aliphatic heterocycles. The first-order valence-electron chi connectivity index (χ1n) is 3.59. The molecule has 0 spiro atoms. The Bertz CT molecular complexity index is 315. The maximum atomic E-state index is 12.3. The first kappa shape index (κ1) is 15.5. The predicted molar refractivity (Wildman–Crippen MR) is 41.7 cm³/mol. The molecule has 1 unspecified atom stereocenters. The van der Waals surface area contributed by atoms with Crippen molar-refractivity contribution in [3.63, 3.8) is 0 Å². The van der Waals surface area contributed by atoms with Gasteiger partial charge in [0.15, 0.2) is 5.16 Å². The van der Waals surface area contributed by atoms with Gasteiger partial charge in [-0.1, -0.05) is 6.08 Å². The van der Waals surface area contributed by atoms with E-state index in [-0.39, 0.29) is 0 Å². The first-order valence-corrected chi connectivity index (χ1v) is 5.21. The van der Waals surface area contributed by atoms with Crippen molar-refractivity contribution < 1.29 is 40.7 Å². The maximum Gasteiger partial charge on any atom is 0.409 e. The zero-order valence-electron chi connectivity index (χ0n) is 7.51. The topological polar surface area (TPSA) is 57.5 Å². The van der Waals surface area contributed by atoms with Crippen LogP contribution in [0.5, 0.6) is 0 Å². The molecular formula is C6H7F6O3P. The molecule has 0 saturated heterocycles. The average molecular weight is 272 g/mol. The molecule has 3 nitrogen and oxygen atoms in total. The van der Waals surface area contributed by atoms with Gasteiger partial charge in [0.1, 0.15) is 0 Å². The zero-order chi connectivity index (χ0) is 13.4. The lowest BCUT2D eigenvalue weighted by Gasteiger charge is -2.33. The van der Waals surface area contributed by atoms with Crippen molar-refractivity contribution in [3.8, 4) is 0 Å². The standard InChI is InChI=1S/C6H7F6O3P/c1-2-4(6(10,11)12,16(13,14)15)3-5(7,8)9/h2H,1,3H2,(H2,13,14,15). The molecule has 0 radical (unpaired) electrons. The van der Waals surface area contributed by atoms with Crippen molar-refractivity contribution in [3.05, 3.63) is 12.7 Å². The molecule has 1 atom stereocenters. The summed E-state index contributed by atoms with van der Waals surface area (Å²) in [5, 5.41) is -4.29. The highest BCUT2D eigenvalue weighted by Gasteiger charge is 2.67. The van der Waals surface area contributed by atoms with Crippen LogP contribution in [-0.2, 0) is 4.57 Å². The van der Waals surface area contributed by atoms with Gasteiger partial charge in [0.2, 0.25) is 0 Å². The fourth-order valence-electron chi connectivity index (χ4n) is 0.981. The fraction of sp³-hybridized carbons (Fsp3) is 0.667. The molecule has 0 rings (SSSR count). The largest absolute Gasteiger partial charge is 0.409 e. The molecule has 10 heteroatoms. The van der Waals surface area contributed by atoms with Crippen molar-refractivity contribution >= 4 is 7.60 Å². The molecule has 0 aromatic heterocycles. The lowest BCUT2D eigenvalue weighted by Crippen LogP contribution is -2.46. The number of hydrogen-bond acceptors (Lipinski definition) is 1. The summed E-state index contributed by atoms with van der Waals surface area (Å²) in [7, 11) is -6.09. The van der Waals surface area contributed by atoms with Crippen LogP contribution in [0.1, 0.15) is 6.42 Å². The Hall–Kier alpha value is -0.530. The Morgan fingerprint density at radius 1 is 1.12 bits per heavy atom. The second kappa shape index (κ2) is 4.05. The minimum absolute atomic E-state index is 0.402. The molecule has 0 aromatic rings. The van der Waals surface area contributed by atoms with Crippen LogP contribution in [0.15, 0.2) is 12.7 Å².